The molecule has 1 aromatic carbocycles. The highest BCUT2D eigenvalue weighted by molar-refractivity contribution is 7.99. The van der Waals surface area contributed by atoms with Gasteiger partial charge in [0.25, 0.3) is 5.56 Å². The van der Waals surface area contributed by atoms with E-state index in [4.69, 9.17) is 4.98 Å². The maximum atomic E-state index is 13.2. The van der Waals surface area contributed by atoms with Gasteiger partial charge in [-0.05, 0) is 61.7 Å². The van der Waals surface area contributed by atoms with Crippen molar-refractivity contribution in [3.63, 3.8) is 0 Å². The summed E-state index contributed by atoms with van der Waals surface area (Å²) < 4.78 is 2.29. The first-order chi connectivity index (χ1) is 14.1. The Morgan fingerprint density at radius 1 is 1.31 bits per heavy atom. The summed E-state index contributed by atoms with van der Waals surface area (Å²) in [6.07, 6.45) is 4.34. The lowest BCUT2D eigenvalue weighted by Gasteiger charge is -2.35. The van der Waals surface area contributed by atoms with Crippen LogP contribution in [0.15, 0.2) is 45.7 Å². The predicted octanol–water partition coefficient (Wildman–Crippen LogP) is 4.64. The first-order valence-electron chi connectivity index (χ1n) is 10.1. The lowest BCUT2D eigenvalue weighted by molar-refractivity contribution is -0.132. The number of carbonyl (C=O) groups is 1. The molecule has 7 heteroatoms. The van der Waals surface area contributed by atoms with Crippen LogP contribution in [0.25, 0.3) is 15.9 Å². The molecule has 1 amide bonds. The van der Waals surface area contributed by atoms with Crippen molar-refractivity contribution in [3.05, 3.63) is 51.6 Å². The monoisotopic (exact) mass is 427 g/mol. The van der Waals surface area contributed by atoms with Crippen LogP contribution >= 0.6 is 23.1 Å². The Bertz CT molecular complexity index is 1090. The number of thioether (sulfide) groups is 1. The molecule has 3 aromatic rings. The van der Waals surface area contributed by atoms with E-state index in [0.29, 0.717) is 27.2 Å². The Labute approximate surface area is 178 Å². The van der Waals surface area contributed by atoms with Crippen LogP contribution in [0.2, 0.25) is 0 Å². The van der Waals surface area contributed by atoms with Crippen LogP contribution < -0.4 is 5.56 Å². The highest BCUT2D eigenvalue weighted by atomic mass is 32.2. The van der Waals surface area contributed by atoms with E-state index in [1.54, 1.807) is 4.57 Å². The summed E-state index contributed by atoms with van der Waals surface area (Å²) in [5, 5.41) is 2.46. The summed E-state index contributed by atoms with van der Waals surface area (Å²) in [6.45, 7) is 4.98. The number of hydrogen-bond acceptors (Lipinski definition) is 5. The van der Waals surface area contributed by atoms with Gasteiger partial charge in [-0.25, -0.2) is 4.98 Å². The summed E-state index contributed by atoms with van der Waals surface area (Å²) >= 11 is 2.77. The number of nitrogens with zero attached hydrogens (tertiary/aromatic N) is 3. The number of carbonyl (C=O) groups excluding carboxylic acids is 1. The second-order valence-electron chi connectivity index (χ2n) is 7.44. The molecule has 0 spiro atoms. The zero-order valence-corrected chi connectivity index (χ0v) is 18.4. The van der Waals surface area contributed by atoms with Crippen molar-refractivity contribution in [3.8, 4) is 5.69 Å². The summed E-state index contributed by atoms with van der Waals surface area (Å²) in [5.41, 5.74) is 2.49. The molecule has 5 nitrogen and oxygen atoms in total. The van der Waals surface area contributed by atoms with Crippen LogP contribution in [0.1, 0.15) is 38.2 Å². The van der Waals surface area contributed by atoms with Gasteiger partial charge in [-0.3, -0.25) is 14.2 Å². The minimum Gasteiger partial charge on any atom is -0.339 e. The number of thiophene rings is 1. The quantitative estimate of drug-likeness (QED) is 0.440. The maximum absolute atomic E-state index is 13.2. The summed E-state index contributed by atoms with van der Waals surface area (Å²) in [7, 11) is 0. The minimum atomic E-state index is -0.0741. The summed E-state index contributed by atoms with van der Waals surface area (Å²) in [5.74, 6) is 0.432. The Balaban J connectivity index is 1.67. The molecule has 0 saturated carbocycles. The zero-order chi connectivity index (χ0) is 20.4. The molecule has 4 rings (SSSR count). The third-order valence-electron chi connectivity index (χ3n) is 5.45. The van der Waals surface area contributed by atoms with Crippen molar-refractivity contribution in [2.24, 2.45) is 0 Å². The average molecular weight is 428 g/mol. The second kappa shape index (κ2) is 8.71. The third-order valence-corrected chi connectivity index (χ3v) is 7.27. The molecule has 0 aliphatic carbocycles. The number of benzene rings is 1. The van der Waals surface area contributed by atoms with E-state index in [0.717, 1.165) is 37.1 Å². The molecule has 1 fully saturated rings. The van der Waals surface area contributed by atoms with Crippen molar-refractivity contribution in [1.82, 2.24) is 14.5 Å². The molecule has 2 aromatic heterocycles. The molecular formula is C22H25N3O2S2. The number of aromatic nitrogens is 2. The lowest BCUT2D eigenvalue weighted by Crippen LogP contribution is -2.44. The SMILES string of the molecule is CCC1CCCCN1C(=O)CSc1nc2ccsc2c(=O)n1-c1cccc(C)c1. The number of aryl methyl sites for hydroxylation is 1. The Kier molecular flexibility index (Phi) is 6.06. The molecule has 0 radical (unpaired) electrons. The van der Waals surface area contributed by atoms with E-state index in [2.05, 4.69) is 6.92 Å². The van der Waals surface area contributed by atoms with Gasteiger partial charge in [0.2, 0.25) is 5.91 Å². The smallest absolute Gasteiger partial charge is 0.276 e. The van der Waals surface area contributed by atoms with Crippen molar-refractivity contribution in [2.45, 2.75) is 50.7 Å². The van der Waals surface area contributed by atoms with Gasteiger partial charge in [-0.1, -0.05) is 30.8 Å². The molecule has 1 saturated heterocycles. The van der Waals surface area contributed by atoms with Crippen LogP contribution in [-0.2, 0) is 4.79 Å². The van der Waals surface area contributed by atoms with Gasteiger partial charge >= 0.3 is 0 Å². The van der Waals surface area contributed by atoms with Crippen molar-refractivity contribution < 1.29 is 4.79 Å². The molecule has 0 bridgehead atoms. The first kappa shape index (κ1) is 20.2. The van der Waals surface area contributed by atoms with E-state index in [1.165, 1.54) is 29.5 Å². The Morgan fingerprint density at radius 2 is 2.17 bits per heavy atom. The average Bonchev–Trinajstić information content (AvgIpc) is 3.21. The van der Waals surface area contributed by atoms with Crippen molar-refractivity contribution >= 4 is 39.2 Å². The summed E-state index contributed by atoms with van der Waals surface area (Å²) in [6, 6.07) is 10.0. The van der Waals surface area contributed by atoms with Gasteiger partial charge in [0.05, 0.1) is 17.0 Å². The fourth-order valence-electron chi connectivity index (χ4n) is 3.95. The van der Waals surface area contributed by atoms with Crippen molar-refractivity contribution in [2.75, 3.05) is 12.3 Å². The number of fused-ring (bicyclic) bond motifs is 1. The van der Waals surface area contributed by atoms with Gasteiger partial charge in [0.15, 0.2) is 5.16 Å². The molecule has 1 aliphatic rings. The van der Waals surface area contributed by atoms with E-state index in [1.807, 2.05) is 47.5 Å². The Morgan fingerprint density at radius 3 is 2.97 bits per heavy atom. The largest absolute Gasteiger partial charge is 0.339 e. The highest BCUT2D eigenvalue weighted by Gasteiger charge is 2.26. The van der Waals surface area contributed by atoms with Gasteiger partial charge in [-0.15, -0.1) is 11.3 Å². The molecule has 3 heterocycles. The number of hydrogen-bond donors (Lipinski definition) is 0. The minimum absolute atomic E-state index is 0.0741. The molecule has 0 N–H and O–H groups in total. The topological polar surface area (TPSA) is 55.2 Å². The number of piperidine rings is 1. The van der Waals surface area contributed by atoms with Gasteiger partial charge in [0.1, 0.15) is 4.70 Å². The summed E-state index contributed by atoms with van der Waals surface area (Å²) in [4.78, 5) is 32.9. The fourth-order valence-corrected chi connectivity index (χ4v) is 5.60. The number of rotatable bonds is 5. The third kappa shape index (κ3) is 4.12. The maximum Gasteiger partial charge on any atom is 0.276 e. The number of amides is 1. The van der Waals surface area contributed by atoms with Gasteiger partial charge in [0, 0.05) is 12.6 Å². The van der Waals surface area contributed by atoms with Crippen molar-refractivity contribution in [1.29, 1.82) is 0 Å². The van der Waals surface area contributed by atoms with Crippen LogP contribution in [0.4, 0.5) is 0 Å². The first-order valence-corrected chi connectivity index (χ1v) is 11.9. The molecule has 29 heavy (non-hydrogen) atoms. The molecule has 1 unspecified atom stereocenters. The standard InChI is InChI=1S/C22H25N3O2S2/c1-3-16-8-4-5-11-24(16)19(26)14-29-22-23-18-10-12-28-20(18)21(27)25(22)17-9-6-7-15(2)13-17/h6-7,9-10,12-13,16H,3-5,8,11,14H2,1-2H3. The second-order valence-corrected chi connectivity index (χ2v) is 9.30. The molecule has 152 valence electrons. The van der Waals surface area contributed by atoms with Gasteiger partial charge < -0.3 is 4.90 Å². The van der Waals surface area contributed by atoms with Crippen LogP contribution in [0.3, 0.4) is 0 Å². The lowest BCUT2D eigenvalue weighted by atomic mass is 10.0. The molecule has 1 aliphatic heterocycles. The van der Waals surface area contributed by atoms with E-state index >= 15 is 0 Å². The van der Waals surface area contributed by atoms with Crippen LogP contribution in [0.5, 0.6) is 0 Å². The van der Waals surface area contributed by atoms with Gasteiger partial charge in [-0.2, -0.15) is 0 Å². The van der Waals surface area contributed by atoms with Crippen LogP contribution in [0, 0.1) is 6.92 Å². The van der Waals surface area contributed by atoms with Crippen LogP contribution in [-0.4, -0.2) is 38.7 Å². The van der Waals surface area contributed by atoms with E-state index < -0.39 is 0 Å². The zero-order valence-electron chi connectivity index (χ0n) is 16.8. The predicted molar refractivity (Wildman–Crippen MR) is 120 cm³/mol. The van der Waals surface area contributed by atoms with E-state index in [9.17, 15) is 9.59 Å². The molecule has 1 atom stereocenters. The molecular weight excluding hydrogens is 402 g/mol. The normalized spacial score (nSPS) is 17.0. The fraction of sp³-hybridized carbons (Fsp3) is 0.409. The van der Waals surface area contributed by atoms with E-state index in [-0.39, 0.29) is 11.5 Å². The Hall–Kier alpha value is -2.12. The number of likely N-dealkylation sites (tertiary alicyclic amines) is 1. The highest BCUT2D eigenvalue weighted by Crippen LogP contribution is 2.26.